The fraction of sp³-hybridized carbons (Fsp3) is 0.267. The number of nitrogens with zero attached hydrogens (tertiary/aromatic N) is 2. The predicted octanol–water partition coefficient (Wildman–Crippen LogP) is 3.80. The third kappa shape index (κ3) is 2.57. The van der Waals surface area contributed by atoms with E-state index in [2.05, 4.69) is 42.2 Å². The Hall–Kier alpha value is -1.72. The molecule has 0 aliphatic heterocycles. The van der Waals surface area contributed by atoms with Crippen molar-refractivity contribution in [3.63, 3.8) is 0 Å². The molecule has 0 aliphatic rings. The summed E-state index contributed by atoms with van der Waals surface area (Å²) in [6.45, 7) is 3.45. The normalized spacial score (nSPS) is 12.1. The lowest BCUT2D eigenvalue weighted by Crippen LogP contribution is -2.29. The Morgan fingerprint density at radius 2 is 1.94 bits per heavy atom. The Morgan fingerprint density at radius 3 is 2.67 bits per heavy atom. The average Bonchev–Trinajstić information content (AvgIpc) is 2.44. The van der Waals surface area contributed by atoms with Crippen LogP contribution in [0.1, 0.15) is 6.92 Å². The van der Waals surface area contributed by atoms with E-state index >= 15 is 0 Å². The van der Waals surface area contributed by atoms with Crippen molar-refractivity contribution in [1.29, 1.82) is 5.26 Å². The third-order valence-electron chi connectivity index (χ3n) is 3.01. The van der Waals surface area contributed by atoms with Gasteiger partial charge in [0.2, 0.25) is 0 Å². The first-order chi connectivity index (χ1) is 8.76. The van der Waals surface area contributed by atoms with E-state index in [1.807, 2.05) is 18.2 Å². The number of fused-ring (bicyclic) bond motifs is 1. The fourth-order valence-corrected chi connectivity index (χ4v) is 2.28. The molecule has 1 atom stereocenters. The molecular formula is C15H15ClN2. The van der Waals surface area contributed by atoms with Crippen molar-refractivity contribution in [1.82, 2.24) is 0 Å². The van der Waals surface area contributed by atoms with Crippen molar-refractivity contribution in [3.8, 4) is 6.07 Å². The molecule has 0 N–H and O–H groups in total. The monoisotopic (exact) mass is 258 g/mol. The first-order valence-electron chi connectivity index (χ1n) is 6.02. The van der Waals surface area contributed by atoms with Gasteiger partial charge in [0, 0.05) is 24.2 Å². The molecule has 3 heteroatoms. The number of anilines is 1. The van der Waals surface area contributed by atoms with Gasteiger partial charge in [-0.25, -0.2) is 0 Å². The lowest BCUT2D eigenvalue weighted by atomic mass is 10.1. The van der Waals surface area contributed by atoms with Crippen LogP contribution < -0.4 is 4.90 Å². The second kappa shape index (κ2) is 5.75. The molecule has 0 radical (unpaired) electrons. The largest absolute Gasteiger partial charge is 0.369 e. The maximum Gasteiger partial charge on any atom is 0.137 e. The summed E-state index contributed by atoms with van der Waals surface area (Å²) in [6.07, 6.45) is 0. The average molecular weight is 259 g/mol. The molecule has 2 aromatic rings. The third-order valence-corrected chi connectivity index (χ3v) is 3.25. The van der Waals surface area contributed by atoms with Crippen LogP contribution in [0.5, 0.6) is 0 Å². The molecule has 0 aromatic heterocycles. The number of halogens is 1. The maximum absolute atomic E-state index is 8.83. The van der Waals surface area contributed by atoms with E-state index in [0.717, 1.165) is 12.2 Å². The lowest BCUT2D eigenvalue weighted by Gasteiger charge is -2.25. The summed E-state index contributed by atoms with van der Waals surface area (Å²) in [5.74, 6) is 0. The van der Waals surface area contributed by atoms with Crippen LogP contribution in [0.15, 0.2) is 42.5 Å². The van der Waals surface area contributed by atoms with Crippen molar-refractivity contribution in [2.45, 2.75) is 12.3 Å². The van der Waals surface area contributed by atoms with E-state index in [1.165, 1.54) is 10.8 Å². The lowest BCUT2D eigenvalue weighted by molar-refractivity contribution is 0.834. The van der Waals surface area contributed by atoms with Gasteiger partial charge in [-0.1, -0.05) is 36.4 Å². The number of rotatable bonds is 4. The smallest absolute Gasteiger partial charge is 0.137 e. The highest BCUT2D eigenvalue weighted by Crippen LogP contribution is 2.26. The first-order valence-corrected chi connectivity index (χ1v) is 6.46. The van der Waals surface area contributed by atoms with Crippen LogP contribution in [0.3, 0.4) is 0 Å². The van der Waals surface area contributed by atoms with Crippen LogP contribution >= 0.6 is 11.6 Å². The molecule has 0 fully saturated rings. The topological polar surface area (TPSA) is 27.0 Å². The first kappa shape index (κ1) is 12.7. The second-order valence-electron chi connectivity index (χ2n) is 4.13. The summed E-state index contributed by atoms with van der Waals surface area (Å²) in [5.41, 5.74) is 1.14. The standard InChI is InChI=1S/C15H15ClN2/c1-2-18(11-13(16)10-17)15-9-5-7-12-6-3-4-8-14(12)15/h3-9,13H,2,11H2,1H3. The van der Waals surface area contributed by atoms with Gasteiger partial charge in [0.05, 0.1) is 6.07 Å². The highest BCUT2D eigenvalue weighted by atomic mass is 35.5. The highest BCUT2D eigenvalue weighted by molar-refractivity contribution is 6.22. The van der Waals surface area contributed by atoms with Crippen molar-refractivity contribution in [2.75, 3.05) is 18.0 Å². The Labute approximate surface area is 112 Å². The SMILES string of the molecule is CCN(CC(Cl)C#N)c1cccc2ccccc12. The molecule has 1 unspecified atom stereocenters. The van der Waals surface area contributed by atoms with Crippen LogP contribution in [0.25, 0.3) is 10.8 Å². The minimum atomic E-state index is -0.482. The minimum absolute atomic E-state index is 0.482. The summed E-state index contributed by atoms with van der Waals surface area (Å²) in [5, 5.41) is 10.8. The molecule has 18 heavy (non-hydrogen) atoms. The van der Waals surface area contributed by atoms with E-state index in [4.69, 9.17) is 16.9 Å². The van der Waals surface area contributed by atoms with Gasteiger partial charge in [-0.2, -0.15) is 5.26 Å². The Morgan fingerprint density at radius 1 is 1.22 bits per heavy atom. The fourth-order valence-electron chi connectivity index (χ4n) is 2.12. The zero-order valence-corrected chi connectivity index (χ0v) is 11.1. The molecule has 2 aromatic carbocycles. The number of alkyl halides is 1. The van der Waals surface area contributed by atoms with Gasteiger partial charge >= 0.3 is 0 Å². The zero-order valence-electron chi connectivity index (χ0n) is 10.3. The Bertz CT molecular complexity index is 569. The van der Waals surface area contributed by atoms with Gasteiger partial charge in [0.1, 0.15) is 5.38 Å². The molecule has 0 heterocycles. The number of benzene rings is 2. The maximum atomic E-state index is 8.83. The van der Waals surface area contributed by atoms with Crippen LogP contribution in [0.4, 0.5) is 5.69 Å². The number of hydrogen-bond acceptors (Lipinski definition) is 2. The van der Waals surface area contributed by atoms with Crippen LogP contribution in [-0.4, -0.2) is 18.5 Å². The van der Waals surface area contributed by atoms with E-state index < -0.39 is 5.38 Å². The van der Waals surface area contributed by atoms with Gasteiger partial charge in [0.15, 0.2) is 0 Å². The highest BCUT2D eigenvalue weighted by Gasteiger charge is 2.12. The van der Waals surface area contributed by atoms with E-state index in [9.17, 15) is 0 Å². The second-order valence-corrected chi connectivity index (χ2v) is 4.66. The molecule has 92 valence electrons. The van der Waals surface area contributed by atoms with Gasteiger partial charge in [-0.15, -0.1) is 11.6 Å². The molecule has 0 bridgehead atoms. The van der Waals surface area contributed by atoms with Crippen molar-refractivity contribution in [3.05, 3.63) is 42.5 Å². The van der Waals surface area contributed by atoms with Gasteiger partial charge in [-0.05, 0) is 18.4 Å². The predicted molar refractivity (Wildman–Crippen MR) is 77.1 cm³/mol. The summed E-state index contributed by atoms with van der Waals surface area (Å²) < 4.78 is 0. The summed E-state index contributed by atoms with van der Waals surface area (Å²) in [7, 11) is 0. The summed E-state index contributed by atoms with van der Waals surface area (Å²) >= 11 is 5.94. The van der Waals surface area contributed by atoms with E-state index in [1.54, 1.807) is 0 Å². The molecule has 0 amide bonds. The Kier molecular flexibility index (Phi) is 4.07. The van der Waals surface area contributed by atoms with Crippen LogP contribution in [-0.2, 0) is 0 Å². The quantitative estimate of drug-likeness (QED) is 0.780. The molecule has 2 nitrogen and oxygen atoms in total. The van der Waals surface area contributed by atoms with E-state index in [-0.39, 0.29) is 0 Å². The van der Waals surface area contributed by atoms with Crippen LogP contribution in [0.2, 0.25) is 0 Å². The molecular weight excluding hydrogens is 244 g/mol. The molecule has 0 aliphatic carbocycles. The number of nitriles is 1. The number of hydrogen-bond donors (Lipinski definition) is 0. The van der Waals surface area contributed by atoms with E-state index in [0.29, 0.717) is 6.54 Å². The van der Waals surface area contributed by atoms with Crippen LogP contribution in [0, 0.1) is 11.3 Å². The summed E-state index contributed by atoms with van der Waals surface area (Å²) in [6, 6.07) is 16.5. The molecule has 0 saturated carbocycles. The minimum Gasteiger partial charge on any atom is -0.369 e. The van der Waals surface area contributed by atoms with Gasteiger partial charge in [0.25, 0.3) is 0 Å². The zero-order chi connectivity index (χ0) is 13.0. The molecule has 0 saturated heterocycles. The van der Waals surface area contributed by atoms with Gasteiger partial charge < -0.3 is 4.90 Å². The molecule has 0 spiro atoms. The van der Waals surface area contributed by atoms with Gasteiger partial charge in [-0.3, -0.25) is 0 Å². The Balaban J connectivity index is 2.42. The molecule has 2 rings (SSSR count). The van der Waals surface area contributed by atoms with Crippen molar-refractivity contribution < 1.29 is 0 Å². The van der Waals surface area contributed by atoms with Crippen molar-refractivity contribution in [2.24, 2.45) is 0 Å². The van der Waals surface area contributed by atoms with Crippen molar-refractivity contribution >= 4 is 28.1 Å². The summed E-state index contributed by atoms with van der Waals surface area (Å²) in [4.78, 5) is 2.14.